The van der Waals surface area contributed by atoms with E-state index < -0.39 is 0 Å². The molecule has 1 aliphatic rings. The zero-order valence-corrected chi connectivity index (χ0v) is 11.7. The molecule has 4 heteroatoms. The highest BCUT2D eigenvalue weighted by molar-refractivity contribution is 5.55. The molecule has 1 saturated heterocycles. The lowest BCUT2D eigenvalue weighted by Crippen LogP contribution is -2.32. The third kappa shape index (κ3) is 3.45. The molecule has 0 amide bonds. The van der Waals surface area contributed by atoms with Gasteiger partial charge in [0.1, 0.15) is 5.82 Å². The fourth-order valence-electron chi connectivity index (χ4n) is 2.75. The molecule has 1 aromatic rings. The van der Waals surface area contributed by atoms with Crippen LogP contribution in [-0.4, -0.2) is 26.8 Å². The Hall–Kier alpha value is -1.13. The van der Waals surface area contributed by atoms with Crippen LogP contribution in [0.3, 0.4) is 0 Å². The van der Waals surface area contributed by atoms with Crippen molar-refractivity contribution in [3.8, 4) is 0 Å². The second-order valence-corrected chi connectivity index (χ2v) is 5.43. The summed E-state index contributed by atoms with van der Waals surface area (Å²) in [7, 11) is 2.00. The molecular formula is C15H23FN2O. The molecule has 1 heterocycles. The average Bonchev–Trinajstić information content (AvgIpc) is 2.39. The second-order valence-electron chi connectivity index (χ2n) is 5.43. The summed E-state index contributed by atoms with van der Waals surface area (Å²) in [5.41, 5.74) is 7.38. The van der Waals surface area contributed by atoms with Crippen LogP contribution in [0, 0.1) is 11.7 Å². The maximum absolute atomic E-state index is 13.9. The van der Waals surface area contributed by atoms with Gasteiger partial charge in [0, 0.05) is 37.5 Å². The van der Waals surface area contributed by atoms with Crippen LogP contribution in [0.1, 0.15) is 31.4 Å². The highest BCUT2D eigenvalue weighted by Gasteiger charge is 2.20. The van der Waals surface area contributed by atoms with Crippen molar-refractivity contribution in [2.75, 3.05) is 31.7 Å². The van der Waals surface area contributed by atoms with Crippen molar-refractivity contribution >= 4 is 5.69 Å². The van der Waals surface area contributed by atoms with Gasteiger partial charge < -0.3 is 15.4 Å². The van der Waals surface area contributed by atoms with Crippen molar-refractivity contribution in [3.05, 3.63) is 29.6 Å². The Bertz CT molecular complexity index is 417. The maximum atomic E-state index is 13.9. The summed E-state index contributed by atoms with van der Waals surface area (Å²) in [6, 6.07) is 4.84. The topological polar surface area (TPSA) is 38.5 Å². The normalized spacial score (nSPS) is 21.2. The number of nitrogens with two attached hydrogens (primary N) is 1. The molecule has 1 aliphatic heterocycles. The Balaban J connectivity index is 2.13. The predicted octanol–water partition coefficient (Wildman–Crippen LogP) is 2.71. The van der Waals surface area contributed by atoms with Gasteiger partial charge in [0.2, 0.25) is 0 Å². The minimum Gasteiger partial charge on any atom is -0.381 e. The van der Waals surface area contributed by atoms with Gasteiger partial charge in [-0.05, 0) is 37.8 Å². The Labute approximate surface area is 114 Å². The second kappa shape index (κ2) is 6.35. The SMILES string of the molecule is CC(N)c1c(F)cccc1N(C)CC1CCCOC1. The number of nitrogens with zero attached hydrogens (tertiary/aromatic N) is 1. The Kier molecular flexibility index (Phi) is 4.77. The number of anilines is 1. The number of hydrogen-bond acceptors (Lipinski definition) is 3. The van der Waals surface area contributed by atoms with E-state index >= 15 is 0 Å². The molecule has 2 N–H and O–H groups in total. The van der Waals surface area contributed by atoms with Crippen LogP contribution in [0.4, 0.5) is 10.1 Å². The molecule has 1 aromatic carbocycles. The van der Waals surface area contributed by atoms with E-state index in [1.807, 2.05) is 20.0 Å². The van der Waals surface area contributed by atoms with Crippen LogP contribution >= 0.6 is 0 Å². The van der Waals surface area contributed by atoms with Crippen molar-refractivity contribution in [2.45, 2.75) is 25.8 Å². The number of ether oxygens (including phenoxy) is 1. The fourth-order valence-corrected chi connectivity index (χ4v) is 2.75. The van der Waals surface area contributed by atoms with E-state index in [4.69, 9.17) is 10.5 Å². The van der Waals surface area contributed by atoms with E-state index in [-0.39, 0.29) is 11.9 Å². The Morgan fingerprint density at radius 1 is 1.53 bits per heavy atom. The van der Waals surface area contributed by atoms with E-state index in [9.17, 15) is 4.39 Å². The molecule has 0 spiro atoms. The summed E-state index contributed by atoms with van der Waals surface area (Å²) in [5.74, 6) is 0.294. The lowest BCUT2D eigenvalue weighted by Gasteiger charge is -2.30. The van der Waals surface area contributed by atoms with Crippen molar-refractivity contribution < 1.29 is 9.13 Å². The molecule has 1 fully saturated rings. The zero-order chi connectivity index (χ0) is 13.8. The Morgan fingerprint density at radius 2 is 2.32 bits per heavy atom. The molecule has 2 rings (SSSR count). The van der Waals surface area contributed by atoms with Gasteiger partial charge >= 0.3 is 0 Å². The molecule has 106 valence electrons. The predicted molar refractivity (Wildman–Crippen MR) is 75.8 cm³/mol. The van der Waals surface area contributed by atoms with Crippen LogP contribution in [0.25, 0.3) is 0 Å². The fraction of sp³-hybridized carbons (Fsp3) is 0.600. The lowest BCUT2D eigenvalue weighted by atomic mass is 10.00. The molecule has 0 bridgehead atoms. The van der Waals surface area contributed by atoms with Crippen LogP contribution in [0.5, 0.6) is 0 Å². The van der Waals surface area contributed by atoms with Gasteiger partial charge in [0.05, 0.1) is 6.61 Å². The van der Waals surface area contributed by atoms with E-state index in [0.29, 0.717) is 11.5 Å². The summed E-state index contributed by atoms with van der Waals surface area (Å²) >= 11 is 0. The van der Waals surface area contributed by atoms with E-state index in [0.717, 1.165) is 31.9 Å². The minimum absolute atomic E-state index is 0.223. The first-order valence-electron chi connectivity index (χ1n) is 6.92. The van der Waals surface area contributed by atoms with Gasteiger partial charge in [-0.25, -0.2) is 4.39 Å². The van der Waals surface area contributed by atoms with Gasteiger partial charge in [-0.3, -0.25) is 0 Å². The monoisotopic (exact) mass is 266 g/mol. The smallest absolute Gasteiger partial charge is 0.130 e. The molecule has 2 unspecified atom stereocenters. The number of hydrogen-bond donors (Lipinski definition) is 1. The van der Waals surface area contributed by atoms with Crippen LogP contribution in [0.2, 0.25) is 0 Å². The first-order valence-corrected chi connectivity index (χ1v) is 6.92. The summed E-state index contributed by atoms with van der Waals surface area (Å²) < 4.78 is 19.4. The van der Waals surface area contributed by atoms with Gasteiger partial charge in [0.25, 0.3) is 0 Å². The van der Waals surface area contributed by atoms with Gasteiger partial charge in [-0.15, -0.1) is 0 Å². The number of rotatable bonds is 4. The van der Waals surface area contributed by atoms with Gasteiger partial charge in [-0.2, -0.15) is 0 Å². The quantitative estimate of drug-likeness (QED) is 0.910. The summed E-state index contributed by atoms with van der Waals surface area (Å²) in [5, 5.41) is 0. The lowest BCUT2D eigenvalue weighted by molar-refractivity contribution is 0.0576. The van der Waals surface area contributed by atoms with Crippen LogP contribution < -0.4 is 10.6 Å². The van der Waals surface area contributed by atoms with E-state index in [2.05, 4.69) is 4.90 Å². The van der Waals surface area contributed by atoms with E-state index in [1.54, 1.807) is 6.07 Å². The van der Waals surface area contributed by atoms with Crippen molar-refractivity contribution in [3.63, 3.8) is 0 Å². The third-order valence-corrected chi connectivity index (χ3v) is 3.68. The third-order valence-electron chi connectivity index (χ3n) is 3.68. The summed E-state index contributed by atoms with van der Waals surface area (Å²) in [6.07, 6.45) is 2.29. The zero-order valence-electron chi connectivity index (χ0n) is 11.7. The largest absolute Gasteiger partial charge is 0.381 e. The van der Waals surface area contributed by atoms with Gasteiger partial charge in [0.15, 0.2) is 0 Å². The Morgan fingerprint density at radius 3 is 2.95 bits per heavy atom. The van der Waals surface area contributed by atoms with Crippen LogP contribution in [-0.2, 0) is 4.74 Å². The van der Waals surface area contributed by atoms with Gasteiger partial charge in [-0.1, -0.05) is 6.07 Å². The molecule has 2 atom stereocenters. The van der Waals surface area contributed by atoms with Crippen molar-refractivity contribution in [1.82, 2.24) is 0 Å². The minimum atomic E-state index is -0.304. The standard InChI is InChI=1S/C15H23FN2O/c1-11(17)15-13(16)6-3-7-14(15)18(2)9-12-5-4-8-19-10-12/h3,6-7,11-12H,4-5,8-10,17H2,1-2H3. The molecule has 0 aliphatic carbocycles. The summed E-state index contributed by atoms with van der Waals surface area (Å²) in [4.78, 5) is 2.10. The highest BCUT2D eigenvalue weighted by Crippen LogP contribution is 2.28. The number of halogens is 1. The average molecular weight is 266 g/mol. The highest BCUT2D eigenvalue weighted by atomic mass is 19.1. The molecule has 0 aromatic heterocycles. The number of benzene rings is 1. The molecule has 0 radical (unpaired) electrons. The van der Waals surface area contributed by atoms with E-state index in [1.165, 1.54) is 12.5 Å². The van der Waals surface area contributed by atoms with Crippen molar-refractivity contribution in [1.29, 1.82) is 0 Å². The first-order chi connectivity index (χ1) is 9.09. The van der Waals surface area contributed by atoms with Crippen LogP contribution in [0.15, 0.2) is 18.2 Å². The molecular weight excluding hydrogens is 243 g/mol. The first kappa shape index (κ1) is 14.3. The molecule has 0 saturated carbocycles. The molecule has 3 nitrogen and oxygen atoms in total. The summed E-state index contributed by atoms with van der Waals surface area (Å²) in [6.45, 7) is 4.36. The molecule has 19 heavy (non-hydrogen) atoms. The maximum Gasteiger partial charge on any atom is 0.130 e. The van der Waals surface area contributed by atoms with Crippen molar-refractivity contribution in [2.24, 2.45) is 11.7 Å².